The third-order valence-corrected chi connectivity index (χ3v) is 3.76. The van der Waals surface area contributed by atoms with E-state index < -0.39 is 0 Å². The van der Waals surface area contributed by atoms with E-state index in [0.717, 1.165) is 41.2 Å². The van der Waals surface area contributed by atoms with E-state index in [2.05, 4.69) is 20.9 Å². The molecule has 5 nitrogen and oxygen atoms in total. The number of urea groups is 1. The average Bonchev–Trinajstić information content (AvgIpc) is 2.64. The summed E-state index contributed by atoms with van der Waals surface area (Å²) in [4.78, 5) is 12.0. The molecule has 1 aliphatic carbocycles. The molecule has 25 heavy (non-hydrogen) atoms. The Hall–Kier alpha value is -3.21. The number of azo groups is 1. The van der Waals surface area contributed by atoms with Gasteiger partial charge in [-0.05, 0) is 56.2 Å². The number of nitrogens with zero attached hydrogens (tertiary/aromatic N) is 2. The van der Waals surface area contributed by atoms with Crippen LogP contribution in [0.5, 0.6) is 0 Å². The van der Waals surface area contributed by atoms with Crippen molar-refractivity contribution >= 4 is 17.4 Å². The topological polar surface area (TPSA) is 65.8 Å². The van der Waals surface area contributed by atoms with Crippen LogP contribution >= 0.6 is 0 Å². The van der Waals surface area contributed by atoms with Gasteiger partial charge in [0.2, 0.25) is 0 Å². The summed E-state index contributed by atoms with van der Waals surface area (Å²) in [5, 5.41) is 14.2. The van der Waals surface area contributed by atoms with E-state index in [4.69, 9.17) is 0 Å². The van der Waals surface area contributed by atoms with Crippen LogP contribution in [0.3, 0.4) is 0 Å². The van der Waals surface area contributed by atoms with Crippen LogP contribution in [0, 0.1) is 6.92 Å². The van der Waals surface area contributed by atoms with Gasteiger partial charge in [0.05, 0.1) is 11.4 Å². The number of hydrogen-bond donors (Lipinski definition) is 2. The first kappa shape index (κ1) is 16.6. The van der Waals surface area contributed by atoms with Crippen molar-refractivity contribution in [2.24, 2.45) is 10.2 Å². The zero-order valence-corrected chi connectivity index (χ0v) is 14.1. The first-order valence-corrected chi connectivity index (χ1v) is 8.20. The lowest BCUT2D eigenvalue weighted by Crippen LogP contribution is -2.28. The summed E-state index contributed by atoms with van der Waals surface area (Å²) in [5.74, 6) is 0. The summed E-state index contributed by atoms with van der Waals surface area (Å²) in [6.07, 6.45) is 5.23. The highest BCUT2D eigenvalue weighted by Gasteiger charge is 2.09. The number of allylic oxidation sites excluding steroid dienone is 4. The van der Waals surface area contributed by atoms with Gasteiger partial charge in [-0.15, -0.1) is 0 Å². The molecule has 5 heteroatoms. The van der Waals surface area contributed by atoms with Crippen LogP contribution in [0.4, 0.5) is 16.2 Å². The minimum absolute atomic E-state index is 0.238. The van der Waals surface area contributed by atoms with Crippen molar-refractivity contribution in [3.63, 3.8) is 0 Å². The number of aryl methyl sites for hydroxylation is 1. The normalized spacial score (nSPS) is 14.0. The molecule has 2 aromatic rings. The van der Waals surface area contributed by atoms with Crippen molar-refractivity contribution in [3.05, 3.63) is 83.7 Å². The molecule has 126 valence electrons. The summed E-state index contributed by atoms with van der Waals surface area (Å²) < 4.78 is 0. The molecule has 0 saturated carbocycles. The van der Waals surface area contributed by atoms with Crippen LogP contribution in [0.15, 0.2) is 88.4 Å². The number of carbonyl (C=O) groups excluding carboxylic acids is 1. The smallest absolute Gasteiger partial charge is 0.311 e. The minimum Gasteiger partial charge on any atom is -0.311 e. The number of anilines is 1. The minimum atomic E-state index is -0.238. The maximum Gasteiger partial charge on any atom is 0.323 e. The van der Waals surface area contributed by atoms with Gasteiger partial charge in [-0.25, -0.2) is 4.79 Å². The quantitative estimate of drug-likeness (QED) is 0.717. The SMILES string of the molecule is Cc1ccc(NC(=O)NC2=CC=C(N=Nc3ccccc3)CC2)cc1. The summed E-state index contributed by atoms with van der Waals surface area (Å²) in [7, 11) is 0. The first-order valence-electron chi connectivity index (χ1n) is 8.20. The Kier molecular flexibility index (Phi) is 5.36. The molecule has 0 bridgehead atoms. The first-order chi connectivity index (χ1) is 12.2. The van der Waals surface area contributed by atoms with E-state index in [-0.39, 0.29) is 6.03 Å². The Balaban J connectivity index is 1.55. The van der Waals surface area contributed by atoms with Gasteiger partial charge >= 0.3 is 6.03 Å². The van der Waals surface area contributed by atoms with Crippen LogP contribution in [0.1, 0.15) is 18.4 Å². The fraction of sp³-hybridized carbons (Fsp3) is 0.150. The lowest BCUT2D eigenvalue weighted by Gasteiger charge is -2.14. The molecule has 0 fully saturated rings. The van der Waals surface area contributed by atoms with Gasteiger partial charge in [0.25, 0.3) is 0 Å². The molecule has 0 atom stereocenters. The van der Waals surface area contributed by atoms with Crippen molar-refractivity contribution in [1.29, 1.82) is 0 Å². The van der Waals surface area contributed by atoms with Crippen LogP contribution in [-0.4, -0.2) is 6.03 Å². The molecule has 2 aromatic carbocycles. The standard InChI is InChI=1S/C20H20N4O/c1-15-7-9-16(10-8-15)21-20(25)22-17-11-13-19(14-12-17)24-23-18-5-3-2-4-6-18/h2-11,13H,12,14H2,1H3,(H2,21,22,25). The molecule has 1 aliphatic rings. The highest BCUT2D eigenvalue weighted by atomic mass is 16.2. The molecule has 0 heterocycles. The van der Waals surface area contributed by atoms with Gasteiger partial charge in [-0.3, -0.25) is 0 Å². The van der Waals surface area contributed by atoms with Gasteiger partial charge in [-0.2, -0.15) is 10.2 Å². The van der Waals surface area contributed by atoms with Crippen molar-refractivity contribution in [3.8, 4) is 0 Å². The maximum absolute atomic E-state index is 12.0. The third-order valence-electron chi connectivity index (χ3n) is 3.76. The lowest BCUT2D eigenvalue weighted by atomic mass is 10.1. The fourth-order valence-electron chi connectivity index (χ4n) is 2.38. The molecular formula is C20H20N4O. The Bertz CT molecular complexity index is 821. The molecule has 0 spiro atoms. The zero-order valence-electron chi connectivity index (χ0n) is 14.1. The number of hydrogen-bond acceptors (Lipinski definition) is 3. The van der Waals surface area contributed by atoms with Crippen molar-refractivity contribution in [1.82, 2.24) is 5.32 Å². The number of benzene rings is 2. The number of carbonyl (C=O) groups is 1. The number of nitrogens with one attached hydrogen (secondary N) is 2. The summed E-state index contributed by atoms with van der Waals surface area (Å²) >= 11 is 0. The predicted molar refractivity (Wildman–Crippen MR) is 99.7 cm³/mol. The van der Waals surface area contributed by atoms with Crippen molar-refractivity contribution in [2.75, 3.05) is 5.32 Å². The second kappa shape index (κ2) is 8.06. The summed E-state index contributed by atoms with van der Waals surface area (Å²) in [6.45, 7) is 2.01. The van der Waals surface area contributed by atoms with Crippen LogP contribution < -0.4 is 10.6 Å². The summed E-state index contributed by atoms with van der Waals surface area (Å²) in [6, 6.07) is 17.1. The lowest BCUT2D eigenvalue weighted by molar-refractivity contribution is 0.254. The van der Waals surface area contributed by atoms with Crippen LogP contribution in [-0.2, 0) is 0 Å². The second-order valence-electron chi connectivity index (χ2n) is 5.83. The second-order valence-corrected chi connectivity index (χ2v) is 5.83. The van der Waals surface area contributed by atoms with Gasteiger partial charge in [0.15, 0.2) is 0 Å². The molecule has 0 saturated heterocycles. The van der Waals surface area contributed by atoms with E-state index in [1.165, 1.54) is 0 Å². The van der Waals surface area contributed by atoms with Gasteiger partial charge in [0, 0.05) is 11.4 Å². The largest absolute Gasteiger partial charge is 0.323 e. The molecule has 0 aromatic heterocycles. The maximum atomic E-state index is 12.0. The zero-order chi connectivity index (χ0) is 17.5. The van der Waals surface area contributed by atoms with E-state index in [9.17, 15) is 4.79 Å². The van der Waals surface area contributed by atoms with Gasteiger partial charge in [-0.1, -0.05) is 35.9 Å². The van der Waals surface area contributed by atoms with Crippen LogP contribution in [0.2, 0.25) is 0 Å². The Labute approximate surface area is 147 Å². The highest BCUT2D eigenvalue weighted by Crippen LogP contribution is 2.20. The molecule has 3 rings (SSSR count). The van der Waals surface area contributed by atoms with Crippen molar-refractivity contribution in [2.45, 2.75) is 19.8 Å². The molecule has 2 amide bonds. The van der Waals surface area contributed by atoms with Crippen LogP contribution in [0.25, 0.3) is 0 Å². The number of amides is 2. The number of rotatable bonds is 4. The monoisotopic (exact) mass is 332 g/mol. The Morgan fingerprint density at radius 3 is 2.32 bits per heavy atom. The van der Waals surface area contributed by atoms with E-state index >= 15 is 0 Å². The predicted octanol–water partition coefficient (Wildman–Crippen LogP) is 5.46. The molecule has 0 radical (unpaired) electrons. The van der Waals surface area contributed by atoms with Gasteiger partial charge in [0.1, 0.15) is 0 Å². The van der Waals surface area contributed by atoms with E-state index in [0.29, 0.717) is 0 Å². The molecule has 2 N–H and O–H groups in total. The molecule has 0 unspecified atom stereocenters. The third kappa shape index (κ3) is 5.14. The van der Waals surface area contributed by atoms with E-state index in [1.54, 1.807) is 0 Å². The molecule has 0 aliphatic heterocycles. The average molecular weight is 332 g/mol. The van der Waals surface area contributed by atoms with Crippen molar-refractivity contribution < 1.29 is 4.79 Å². The Morgan fingerprint density at radius 1 is 0.880 bits per heavy atom. The highest BCUT2D eigenvalue weighted by molar-refractivity contribution is 5.90. The summed E-state index contributed by atoms with van der Waals surface area (Å²) in [5.41, 5.74) is 4.51. The van der Waals surface area contributed by atoms with E-state index in [1.807, 2.05) is 73.7 Å². The molecular weight excluding hydrogens is 312 g/mol. The fourth-order valence-corrected chi connectivity index (χ4v) is 2.38. The Morgan fingerprint density at radius 2 is 1.64 bits per heavy atom. The van der Waals surface area contributed by atoms with Gasteiger partial charge < -0.3 is 10.6 Å².